The zero-order valence-electron chi connectivity index (χ0n) is 13.4. The number of hydrogen-bond donors (Lipinski definition) is 2. The first-order chi connectivity index (χ1) is 12.6. The molecule has 3 aromatic rings. The van der Waals surface area contributed by atoms with Crippen molar-refractivity contribution in [2.45, 2.75) is 11.1 Å². The van der Waals surface area contributed by atoms with Gasteiger partial charge in [0.1, 0.15) is 0 Å². The van der Waals surface area contributed by atoms with Gasteiger partial charge >= 0.3 is 12.1 Å². The highest BCUT2D eigenvalue weighted by molar-refractivity contribution is 7.93. The Hall–Kier alpha value is -3.14. The van der Waals surface area contributed by atoms with Crippen molar-refractivity contribution in [2.24, 2.45) is 0 Å². The van der Waals surface area contributed by atoms with Crippen molar-refractivity contribution >= 4 is 32.6 Å². The fourth-order valence-electron chi connectivity index (χ4n) is 2.55. The van der Waals surface area contributed by atoms with E-state index < -0.39 is 39.0 Å². The average Bonchev–Trinajstić information content (AvgIpc) is 2.60. The number of alkyl halides is 3. The molecule has 0 fully saturated rings. The van der Waals surface area contributed by atoms with E-state index in [0.717, 1.165) is 6.07 Å². The number of nitrogens with zero attached hydrogens (tertiary/aromatic N) is 1. The number of nitrogens with one attached hydrogen (secondary N) is 1. The highest BCUT2D eigenvalue weighted by atomic mass is 32.2. The molecule has 0 saturated heterocycles. The van der Waals surface area contributed by atoms with Gasteiger partial charge in [0.25, 0.3) is 10.0 Å². The lowest BCUT2D eigenvalue weighted by Crippen LogP contribution is -2.17. The highest BCUT2D eigenvalue weighted by Gasteiger charge is 2.36. The van der Waals surface area contributed by atoms with Crippen LogP contribution in [0.4, 0.5) is 18.9 Å². The number of anilines is 1. The number of aromatic carboxylic acids is 1. The van der Waals surface area contributed by atoms with E-state index in [-0.39, 0.29) is 4.90 Å². The van der Waals surface area contributed by atoms with E-state index in [9.17, 15) is 26.4 Å². The van der Waals surface area contributed by atoms with Crippen molar-refractivity contribution in [1.29, 1.82) is 0 Å². The zero-order valence-corrected chi connectivity index (χ0v) is 14.2. The third-order valence-corrected chi connectivity index (χ3v) is 5.14. The van der Waals surface area contributed by atoms with E-state index in [4.69, 9.17) is 5.11 Å². The van der Waals surface area contributed by atoms with Crippen LogP contribution in [0.5, 0.6) is 0 Å². The standard InChI is InChI=1S/C17H11F3N2O4S/c18-17(19,20)13-9-10(6-7-11(13)16(23)24)22-27(25,26)15-5-1-4-14-12(15)3-2-8-21-14/h1-9,22H,(H,23,24). The van der Waals surface area contributed by atoms with Crippen LogP contribution in [-0.4, -0.2) is 24.5 Å². The summed E-state index contributed by atoms with van der Waals surface area (Å²) in [5, 5.41) is 9.20. The second-order valence-electron chi connectivity index (χ2n) is 5.50. The van der Waals surface area contributed by atoms with E-state index in [1.54, 1.807) is 6.07 Å². The van der Waals surface area contributed by atoms with E-state index in [1.165, 1.54) is 30.5 Å². The Balaban J connectivity index is 2.07. The summed E-state index contributed by atoms with van der Waals surface area (Å²) in [6.45, 7) is 0. The lowest BCUT2D eigenvalue weighted by molar-refractivity contribution is -0.138. The molecule has 0 spiro atoms. The van der Waals surface area contributed by atoms with Gasteiger partial charge in [-0.3, -0.25) is 9.71 Å². The van der Waals surface area contributed by atoms with Crippen molar-refractivity contribution in [3.63, 3.8) is 0 Å². The van der Waals surface area contributed by atoms with Crippen LogP contribution < -0.4 is 4.72 Å². The molecular formula is C17H11F3N2O4S. The number of fused-ring (bicyclic) bond motifs is 1. The van der Waals surface area contributed by atoms with E-state index in [0.29, 0.717) is 23.0 Å². The van der Waals surface area contributed by atoms with Gasteiger partial charge in [0.05, 0.1) is 21.5 Å². The SMILES string of the molecule is O=C(O)c1ccc(NS(=O)(=O)c2cccc3ncccc23)cc1C(F)(F)F. The molecule has 1 heterocycles. The van der Waals surface area contributed by atoms with E-state index in [2.05, 4.69) is 9.71 Å². The third kappa shape index (κ3) is 3.70. The van der Waals surface area contributed by atoms with Gasteiger partial charge in [-0.2, -0.15) is 13.2 Å². The summed E-state index contributed by atoms with van der Waals surface area (Å²) >= 11 is 0. The molecule has 2 aromatic carbocycles. The molecule has 0 radical (unpaired) electrons. The quantitative estimate of drug-likeness (QED) is 0.700. The number of hydrogen-bond acceptors (Lipinski definition) is 4. The molecule has 1 aromatic heterocycles. The van der Waals surface area contributed by atoms with Gasteiger partial charge < -0.3 is 5.11 Å². The molecule has 0 aliphatic rings. The van der Waals surface area contributed by atoms with Gasteiger partial charge in [0, 0.05) is 17.3 Å². The average molecular weight is 396 g/mol. The number of carbonyl (C=O) groups is 1. The third-order valence-electron chi connectivity index (χ3n) is 3.70. The molecule has 0 bridgehead atoms. The number of rotatable bonds is 4. The maximum Gasteiger partial charge on any atom is 0.417 e. The van der Waals surface area contributed by atoms with Gasteiger partial charge in [0.2, 0.25) is 0 Å². The monoisotopic (exact) mass is 396 g/mol. The van der Waals surface area contributed by atoms with Gasteiger partial charge in [-0.05, 0) is 42.5 Å². The van der Waals surface area contributed by atoms with Gasteiger partial charge in [-0.15, -0.1) is 0 Å². The number of carboxylic acid groups (broad SMARTS) is 1. The topological polar surface area (TPSA) is 96.4 Å². The summed E-state index contributed by atoms with van der Waals surface area (Å²) in [4.78, 5) is 14.9. The van der Waals surface area contributed by atoms with Crippen LogP contribution in [0.3, 0.4) is 0 Å². The van der Waals surface area contributed by atoms with E-state index >= 15 is 0 Å². The number of aromatic nitrogens is 1. The molecule has 0 saturated carbocycles. The first-order valence-corrected chi connectivity index (χ1v) is 8.89. The Bertz CT molecular complexity index is 1140. The predicted octanol–water partition coefficient (Wildman–Crippen LogP) is 3.75. The van der Waals surface area contributed by atoms with E-state index in [1.807, 2.05) is 0 Å². The summed E-state index contributed by atoms with van der Waals surface area (Å²) in [5.41, 5.74) is -2.43. The van der Waals surface area contributed by atoms with Crippen molar-refractivity contribution in [3.05, 3.63) is 65.9 Å². The fraction of sp³-hybridized carbons (Fsp3) is 0.0588. The Morgan fingerprint density at radius 2 is 1.81 bits per heavy atom. The number of benzene rings is 2. The first kappa shape index (κ1) is 18.6. The van der Waals surface area contributed by atoms with Crippen molar-refractivity contribution < 1.29 is 31.5 Å². The summed E-state index contributed by atoms with van der Waals surface area (Å²) in [5.74, 6) is -1.77. The smallest absolute Gasteiger partial charge is 0.417 e. The minimum Gasteiger partial charge on any atom is -0.478 e. The minimum atomic E-state index is -4.96. The summed E-state index contributed by atoms with van der Waals surface area (Å²) in [6, 6.07) is 9.51. The maximum atomic E-state index is 13.1. The molecule has 3 rings (SSSR count). The van der Waals surface area contributed by atoms with Crippen LogP contribution in [0.25, 0.3) is 10.9 Å². The molecule has 6 nitrogen and oxygen atoms in total. The Morgan fingerprint density at radius 3 is 2.48 bits per heavy atom. The minimum absolute atomic E-state index is 0.163. The molecular weight excluding hydrogens is 385 g/mol. The molecule has 0 amide bonds. The van der Waals surface area contributed by atoms with Crippen LogP contribution >= 0.6 is 0 Å². The molecule has 140 valence electrons. The van der Waals surface area contributed by atoms with Crippen molar-refractivity contribution in [2.75, 3.05) is 4.72 Å². The van der Waals surface area contributed by atoms with Crippen LogP contribution in [0.1, 0.15) is 15.9 Å². The Kier molecular flexibility index (Phi) is 4.52. The first-order valence-electron chi connectivity index (χ1n) is 7.41. The lowest BCUT2D eigenvalue weighted by Gasteiger charge is -2.14. The molecule has 27 heavy (non-hydrogen) atoms. The second kappa shape index (κ2) is 6.54. The summed E-state index contributed by atoms with van der Waals surface area (Å²) < 4.78 is 66.7. The lowest BCUT2D eigenvalue weighted by atomic mass is 10.1. The predicted molar refractivity (Wildman–Crippen MR) is 91.0 cm³/mol. The fourth-order valence-corrected chi connectivity index (χ4v) is 3.82. The normalized spacial score (nSPS) is 12.1. The molecule has 0 aliphatic carbocycles. The maximum absolute atomic E-state index is 13.1. The Labute approximate surface area is 151 Å². The number of halogens is 3. The van der Waals surface area contributed by atoms with Gasteiger partial charge in [-0.1, -0.05) is 6.07 Å². The van der Waals surface area contributed by atoms with Crippen LogP contribution in [0, 0.1) is 0 Å². The molecule has 0 aliphatic heterocycles. The van der Waals surface area contributed by atoms with Crippen molar-refractivity contribution in [3.8, 4) is 0 Å². The van der Waals surface area contributed by atoms with Gasteiger partial charge in [-0.25, -0.2) is 13.2 Å². The van der Waals surface area contributed by atoms with Crippen LogP contribution in [0.15, 0.2) is 59.6 Å². The number of carboxylic acids is 1. The number of sulfonamides is 1. The van der Waals surface area contributed by atoms with Crippen LogP contribution in [0.2, 0.25) is 0 Å². The molecule has 0 unspecified atom stereocenters. The van der Waals surface area contributed by atoms with Crippen LogP contribution in [-0.2, 0) is 16.2 Å². The summed E-state index contributed by atoms with van der Waals surface area (Å²) in [7, 11) is -4.24. The number of pyridine rings is 1. The molecule has 0 atom stereocenters. The summed E-state index contributed by atoms with van der Waals surface area (Å²) in [6.07, 6.45) is -3.48. The second-order valence-corrected chi connectivity index (χ2v) is 7.15. The Morgan fingerprint density at radius 1 is 1.07 bits per heavy atom. The van der Waals surface area contributed by atoms with Crippen molar-refractivity contribution in [1.82, 2.24) is 4.98 Å². The van der Waals surface area contributed by atoms with Gasteiger partial charge in [0.15, 0.2) is 0 Å². The zero-order chi connectivity index (χ0) is 19.8. The largest absolute Gasteiger partial charge is 0.478 e. The highest BCUT2D eigenvalue weighted by Crippen LogP contribution is 2.34. The molecule has 2 N–H and O–H groups in total. The molecule has 10 heteroatoms.